The first-order valence-electron chi connectivity index (χ1n) is 7.58. The number of halogens is 1. The third kappa shape index (κ3) is 3.80. The normalized spacial score (nSPS) is 11.3. The van der Waals surface area contributed by atoms with Crippen molar-refractivity contribution in [2.45, 2.75) is 11.8 Å². The summed E-state index contributed by atoms with van der Waals surface area (Å²) in [4.78, 5) is 19.0. The Kier molecular flexibility index (Phi) is 5.13. The number of benzene rings is 2. The van der Waals surface area contributed by atoms with Crippen LogP contribution >= 0.6 is 22.9 Å². The maximum absolute atomic E-state index is 13.2. The highest BCUT2D eigenvalue weighted by atomic mass is 35.5. The number of thiazole rings is 1. The molecule has 26 heavy (non-hydrogen) atoms. The lowest BCUT2D eigenvalue weighted by molar-refractivity contribution is 0.0999. The van der Waals surface area contributed by atoms with Crippen molar-refractivity contribution in [2.75, 3.05) is 11.2 Å². The number of sulfone groups is 1. The molecule has 0 unspecified atom stereocenters. The van der Waals surface area contributed by atoms with Gasteiger partial charge in [-0.05, 0) is 37.3 Å². The molecule has 0 spiro atoms. The molecule has 0 N–H and O–H groups in total. The molecule has 3 aromatic rings. The largest absolute Gasteiger partial charge is 0.268 e. The van der Waals surface area contributed by atoms with E-state index in [1.54, 1.807) is 12.1 Å². The predicted molar refractivity (Wildman–Crippen MR) is 104 cm³/mol. The number of aromatic nitrogens is 1. The van der Waals surface area contributed by atoms with Gasteiger partial charge in [-0.1, -0.05) is 29.8 Å². The second-order valence-corrected chi connectivity index (χ2v) is 8.89. The molecule has 0 radical (unpaired) electrons. The van der Waals surface area contributed by atoms with Crippen molar-refractivity contribution in [3.05, 3.63) is 70.2 Å². The number of rotatable bonds is 4. The van der Waals surface area contributed by atoms with Gasteiger partial charge in [-0.25, -0.2) is 13.4 Å². The summed E-state index contributed by atoms with van der Waals surface area (Å²) >= 11 is 7.33. The van der Waals surface area contributed by atoms with Crippen molar-refractivity contribution in [1.82, 2.24) is 4.98 Å². The zero-order chi connectivity index (χ0) is 18.9. The van der Waals surface area contributed by atoms with E-state index in [1.807, 2.05) is 30.5 Å². The van der Waals surface area contributed by atoms with Crippen LogP contribution in [0.1, 0.15) is 16.1 Å². The minimum absolute atomic E-state index is 0.0756. The van der Waals surface area contributed by atoms with Crippen molar-refractivity contribution in [3.63, 3.8) is 0 Å². The van der Waals surface area contributed by atoms with Gasteiger partial charge >= 0.3 is 0 Å². The highest BCUT2D eigenvalue weighted by molar-refractivity contribution is 7.90. The first-order valence-corrected chi connectivity index (χ1v) is 10.7. The van der Waals surface area contributed by atoms with E-state index in [0.29, 0.717) is 10.8 Å². The fourth-order valence-corrected chi connectivity index (χ4v) is 4.51. The number of nitrogens with zero attached hydrogens (tertiary/aromatic N) is 2. The van der Waals surface area contributed by atoms with Crippen LogP contribution in [0.25, 0.3) is 0 Å². The van der Waals surface area contributed by atoms with Crippen LogP contribution in [0.4, 0.5) is 10.8 Å². The maximum atomic E-state index is 13.2. The Morgan fingerprint density at radius 1 is 1.15 bits per heavy atom. The number of aryl methyl sites for hydroxylation is 1. The van der Waals surface area contributed by atoms with Gasteiger partial charge < -0.3 is 0 Å². The van der Waals surface area contributed by atoms with Gasteiger partial charge in [-0.15, -0.1) is 11.3 Å². The van der Waals surface area contributed by atoms with Gasteiger partial charge in [0.1, 0.15) is 0 Å². The van der Waals surface area contributed by atoms with Crippen LogP contribution in [-0.2, 0) is 9.84 Å². The van der Waals surface area contributed by atoms with E-state index in [2.05, 4.69) is 4.98 Å². The van der Waals surface area contributed by atoms with Crippen molar-refractivity contribution in [1.29, 1.82) is 0 Å². The fraction of sp³-hybridized carbons (Fsp3) is 0.111. The van der Waals surface area contributed by atoms with E-state index >= 15 is 0 Å². The Morgan fingerprint density at radius 2 is 1.85 bits per heavy atom. The average Bonchev–Trinajstić information content (AvgIpc) is 3.01. The van der Waals surface area contributed by atoms with E-state index < -0.39 is 9.84 Å². The van der Waals surface area contributed by atoms with Crippen molar-refractivity contribution in [2.24, 2.45) is 0 Å². The van der Waals surface area contributed by atoms with Crippen LogP contribution in [0, 0.1) is 6.92 Å². The van der Waals surface area contributed by atoms with Gasteiger partial charge in [0.25, 0.3) is 5.91 Å². The summed E-state index contributed by atoms with van der Waals surface area (Å²) in [5.74, 6) is -0.382. The second-order valence-electron chi connectivity index (χ2n) is 5.66. The standard InChI is InChI=1S/C18H15ClN2O3S2/c1-12-11-25-18(20-12)21(14-6-4-3-5-7-14)17(22)13-8-9-15(19)16(10-13)26(2,23)24/h3-11H,1-2H3. The number of hydrogen-bond donors (Lipinski definition) is 0. The molecule has 0 aliphatic carbocycles. The number of amides is 1. The number of anilines is 2. The molecule has 0 atom stereocenters. The molecular formula is C18H15ClN2O3S2. The molecule has 5 nitrogen and oxygen atoms in total. The Bertz CT molecular complexity index is 1060. The van der Waals surface area contributed by atoms with E-state index in [0.717, 1.165) is 11.9 Å². The molecule has 3 rings (SSSR count). The zero-order valence-corrected chi connectivity index (χ0v) is 16.4. The molecule has 2 aromatic carbocycles. The summed E-state index contributed by atoms with van der Waals surface area (Å²) in [5.41, 5.74) is 1.65. The molecule has 0 saturated carbocycles. The van der Waals surface area contributed by atoms with E-state index in [9.17, 15) is 13.2 Å². The number of para-hydroxylation sites is 1. The van der Waals surface area contributed by atoms with Gasteiger partial charge in [0.05, 0.1) is 21.3 Å². The van der Waals surface area contributed by atoms with E-state index in [-0.39, 0.29) is 21.4 Å². The van der Waals surface area contributed by atoms with Crippen LogP contribution in [0.2, 0.25) is 5.02 Å². The molecule has 1 heterocycles. The zero-order valence-electron chi connectivity index (χ0n) is 14.0. The van der Waals surface area contributed by atoms with Gasteiger partial charge in [0, 0.05) is 17.2 Å². The Labute approximate surface area is 160 Å². The van der Waals surface area contributed by atoms with E-state index in [1.165, 1.54) is 34.4 Å². The summed E-state index contributed by atoms with van der Waals surface area (Å²) in [7, 11) is -3.56. The molecule has 1 amide bonds. The van der Waals surface area contributed by atoms with Gasteiger partial charge in [-0.2, -0.15) is 0 Å². The molecule has 0 aliphatic rings. The van der Waals surface area contributed by atoms with Gasteiger partial charge in [0.2, 0.25) is 0 Å². The average molecular weight is 407 g/mol. The lowest BCUT2D eigenvalue weighted by Gasteiger charge is -2.20. The summed E-state index contributed by atoms with van der Waals surface area (Å²) in [5, 5.41) is 2.44. The maximum Gasteiger partial charge on any atom is 0.264 e. The second kappa shape index (κ2) is 7.19. The molecule has 1 aromatic heterocycles. The Balaban J connectivity index is 2.12. The summed E-state index contributed by atoms with van der Waals surface area (Å²) < 4.78 is 23.8. The smallest absolute Gasteiger partial charge is 0.264 e. The van der Waals surface area contributed by atoms with Crippen LogP contribution < -0.4 is 4.90 Å². The molecule has 8 heteroatoms. The third-order valence-electron chi connectivity index (χ3n) is 3.59. The molecule has 0 saturated heterocycles. The lowest BCUT2D eigenvalue weighted by Crippen LogP contribution is -2.26. The molecule has 0 bridgehead atoms. The first kappa shape index (κ1) is 18.6. The molecule has 0 aliphatic heterocycles. The highest BCUT2D eigenvalue weighted by Gasteiger charge is 2.24. The van der Waals surface area contributed by atoms with Crippen molar-refractivity contribution >= 4 is 49.5 Å². The van der Waals surface area contributed by atoms with Gasteiger partial charge in [-0.3, -0.25) is 9.69 Å². The van der Waals surface area contributed by atoms with E-state index in [4.69, 9.17) is 11.6 Å². The van der Waals surface area contributed by atoms with Crippen molar-refractivity contribution < 1.29 is 13.2 Å². The van der Waals surface area contributed by atoms with Crippen LogP contribution in [0.15, 0.2) is 58.8 Å². The monoisotopic (exact) mass is 406 g/mol. The minimum Gasteiger partial charge on any atom is -0.268 e. The topological polar surface area (TPSA) is 67.3 Å². The summed E-state index contributed by atoms with van der Waals surface area (Å²) in [6, 6.07) is 13.3. The highest BCUT2D eigenvalue weighted by Crippen LogP contribution is 2.31. The molecule has 0 fully saturated rings. The first-order chi connectivity index (χ1) is 12.3. The summed E-state index contributed by atoms with van der Waals surface area (Å²) in [6.07, 6.45) is 1.06. The van der Waals surface area contributed by atoms with Crippen molar-refractivity contribution in [3.8, 4) is 0 Å². The molecule has 134 valence electrons. The van der Waals surface area contributed by atoms with Crippen LogP contribution in [-0.4, -0.2) is 25.6 Å². The minimum atomic E-state index is -3.56. The number of hydrogen-bond acceptors (Lipinski definition) is 5. The quantitative estimate of drug-likeness (QED) is 0.640. The summed E-state index contributed by atoms with van der Waals surface area (Å²) in [6.45, 7) is 1.84. The Hall–Kier alpha value is -2.22. The van der Waals surface area contributed by atoms with Crippen LogP contribution in [0.3, 0.4) is 0 Å². The third-order valence-corrected chi connectivity index (χ3v) is 6.12. The fourth-order valence-electron chi connectivity index (χ4n) is 2.39. The Morgan fingerprint density at radius 3 is 2.42 bits per heavy atom. The number of carbonyl (C=O) groups is 1. The predicted octanol–water partition coefficient (Wildman–Crippen LogP) is 4.49. The van der Waals surface area contributed by atoms with Crippen LogP contribution in [0.5, 0.6) is 0 Å². The lowest BCUT2D eigenvalue weighted by atomic mass is 10.2. The number of carbonyl (C=O) groups excluding carboxylic acids is 1. The van der Waals surface area contributed by atoms with Gasteiger partial charge in [0.15, 0.2) is 15.0 Å². The SMILES string of the molecule is Cc1csc(N(C(=O)c2ccc(Cl)c(S(C)(=O)=O)c2)c2ccccc2)n1. The molecular weight excluding hydrogens is 392 g/mol.